The Morgan fingerprint density at radius 1 is 1.23 bits per heavy atom. The molecule has 0 aliphatic heterocycles. The molecule has 0 spiro atoms. The number of hydrogen-bond acceptors (Lipinski definition) is 3. The van der Waals surface area contributed by atoms with Gasteiger partial charge in [0.1, 0.15) is 0 Å². The van der Waals surface area contributed by atoms with Gasteiger partial charge in [-0.25, -0.2) is 9.59 Å². The third kappa shape index (κ3) is 5.14. The van der Waals surface area contributed by atoms with Crippen LogP contribution in [-0.4, -0.2) is 47.4 Å². The maximum atomic E-state index is 12.3. The largest absolute Gasteiger partial charge is 0.345 e. The molecule has 4 amide bonds. The normalized spacial score (nSPS) is 10.3. The summed E-state index contributed by atoms with van der Waals surface area (Å²) in [5.41, 5.74) is 0.634. The average Bonchev–Trinajstić information content (AvgIpc) is 2.51. The van der Waals surface area contributed by atoms with Crippen LogP contribution in [0.2, 0.25) is 0 Å². The molecule has 116 valence electrons. The topological polar surface area (TPSA) is 65.0 Å². The molecule has 0 bridgehead atoms. The van der Waals surface area contributed by atoms with Gasteiger partial charge >= 0.3 is 12.1 Å². The first kappa shape index (κ1) is 17.6. The van der Waals surface area contributed by atoms with Gasteiger partial charge in [0.25, 0.3) is 0 Å². The van der Waals surface area contributed by atoms with E-state index >= 15 is 0 Å². The lowest BCUT2D eigenvalue weighted by atomic mass is 10.3. The van der Waals surface area contributed by atoms with Crippen LogP contribution in [-0.2, 0) is 0 Å². The fourth-order valence-corrected chi connectivity index (χ4v) is 1.85. The first-order valence-corrected chi connectivity index (χ1v) is 7.64. The van der Waals surface area contributed by atoms with E-state index in [2.05, 4.69) is 22.3 Å². The minimum atomic E-state index is -0.472. The molecule has 0 radical (unpaired) electrons. The highest BCUT2D eigenvalue weighted by Crippen LogP contribution is 2.11. The molecule has 1 aromatic rings. The van der Waals surface area contributed by atoms with Crippen LogP contribution in [0.4, 0.5) is 15.3 Å². The van der Waals surface area contributed by atoms with Crippen molar-refractivity contribution in [3.8, 4) is 12.0 Å². The smallest absolute Gasteiger partial charge is 0.329 e. The Hall–Kier alpha value is -2.46. The number of rotatable bonds is 1. The number of carbonyl (C=O) groups excluding carboxylic acids is 2. The van der Waals surface area contributed by atoms with E-state index in [0.29, 0.717) is 5.69 Å². The number of hydrogen-bond donors (Lipinski definition) is 1. The number of nitrogens with one attached hydrogen (secondary N) is 1. The van der Waals surface area contributed by atoms with E-state index in [-0.39, 0.29) is 5.17 Å². The average molecular weight is 318 g/mol. The molecule has 22 heavy (non-hydrogen) atoms. The number of carbonyl (C=O) groups is 2. The predicted octanol–water partition coefficient (Wildman–Crippen LogP) is 2.90. The highest BCUT2D eigenvalue weighted by molar-refractivity contribution is 8.13. The van der Waals surface area contributed by atoms with Crippen LogP contribution >= 0.6 is 11.8 Å². The van der Waals surface area contributed by atoms with E-state index in [1.807, 2.05) is 18.2 Å². The summed E-state index contributed by atoms with van der Waals surface area (Å²) in [7, 11) is 3.17. The van der Waals surface area contributed by atoms with Crippen LogP contribution in [0, 0.1) is 12.0 Å². The number of para-hydroxylation sites is 1. The molecule has 0 saturated carbocycles. The van der Waals surface area contributed by atoms with Crippen molar-refractivity contribution in [1.82, 2.24) is 9.80 Å². The third-order valence-corrected chi connectivity index (χ3v) is 3.04. The van der Waals surface area contributed by atoms with Gasteiger partial charge in [-0.2, -0.15) is 9.89 Å². The Balaban J connectivity index is 3.02. The molecule has 1 N–H and O–H groups in total. The van der Waals surface area contributed by atoms with Gasteiger partial charge in [0, 0.05) is 25.8 Å². The zero-order chi connectivity index (χ0) is 16.5. The molecule has 0 heterocycles. The molecule has 0 aromatic heterocycles. The molecule has 0 aliphatic rings. The van der Waals surface area contributed by atoms with Crippen LogP contribution in [0.1, 0.15) is 6.92 Å². The first-order chi connectivity index (χ1) is 10.5. The summed E-state index contributed by atoms with van der Waals surface area (Å²) in [6.45, 7) is 1.61. The summed E-state index contributed by atoms with van der Waals surface area (Å²) in [6, 6.07) is 10.7. The maximum absolute atomic E-state index is 12.3. The van der Waals surface area contributed by atoms with Crippen molar-refractivity contribution in [1.29, 1.82) is 0 Å². The van der Waals surface area contributed by atoms with Gasteiger partial charge in [-0.3, -0.25) is 0 Å². The van der Waals surface area contributed by atoms with Gasteiger partial charge < -0.3 is 10.2 Å². The Kier molecular flexibility index (Phi) is 6.99. The molecule has 0 aliphatic carbocycles. The highest BCUT2D eigenvalue weighted by atomic mass is 32.2. The summed E-state index contributed by atoms with van der Waals surface area (Å²) in [5, 5.41) is 2.92. The third-order valence-electron chi connectivity index (χ3n) is 2.40. The van der Waals surface area contributed by atoms with E-state index in [0.717, 1.165) is 4.90 Å². The van der Waals surface area contributed by atoms with E-state index in [9.17, 15) is 9.59 Å². The fraction of sp³-hybridized carbons (Fsp3) is 0.267. The van der Waals surface area contributed by atoms with E-state index < -0.39 is 12.1 Å². The van der Waals surface area contributed by atoms with Crippen molar-refractivity contribution in [3.63, 3.8) is 0 Å². The number of anilines is 1. The molecule has 0 atom stereocenters. The molecule has 1 aromatic carbocycles. The maximum Gasteiger partial charge on any atom is 0.345 e. The van der Waals surface area contributed by atoms with Crippen molar-refractivity contribution in [2.24, 2.45) is 4.99 Å². The summed E-state index contributed by atoms with van der Waals surface area (Å²) in [6.07, 6.45) is 1.72. The molecule has 0 fully saturated rings. The van der Waals surface area contributed by atoms with Crippen molar-refractivity contribution >= 4 is 34.7 Å². The number of thioether (sulfide) groups is 1. The molecular formula is C15H18N4O2S. The second-order valence-electron chi connectivity index (χ2n) is 4.27. The number of urea groups is 2. The fourth-order valence-electron chi connectivity index (χ4n) is 1.37. The van der Waals surface area contributed by atoms with Crippen molar-refractivity contribution < 1.29 is 9.59 Å². The SMILES string of the molecule is CC#CN(C(=O)Nc1ccccc1)C(=NC(=O)N(C)C)SC. The minimum Gasteiger partial charge on any atom is -0.329 e. The molecule has 1 rings (SSSR count). The lowest BCUT2D eigenvalue weighted by Crippen LogP contribution is -2.36. The minimum absolute atomic E-state index is 0.210. The van der Waals surface area contributed by atoms with Crippen LogP contribution in [0.15, 0.2) is 35.3 Å². The summed E-state index contributed by atoms with van der Waals surface area (Å²) >= 11 is 1.17. The number of benzene rings is 1. The van der Waals surface area contributed by atoms with Gasteiger partial charge in [0.05, 0.1) is 0 Å². The standard InChI is InChI=1S/C15H18N4O2S/c1-5-11-19(15(22-4)17-13(20)18(2)3)14(21)16-12-9-7-6-8-10-12/h6-10H,1-4H3,(H,16,21). The van der Waals surface area contributed by atoms with Gasteiger partial charge in [0.2, 0.25) is 0 Å². The number of amidine groups is 1. The Morgan fingerprint density at radius 3 is 2.36 bits per heavy atom. The number of amides is 4. The molecule has 0 saturated heterocycles. The highest BCUT2D eigenvalue weighted by Gasteiger charge is 2.19. The second kappa shape index (κ2) is 8.74. The van der Waals surface area contributed by atoms with Gasteiger partial charge in [-0.05, 0) is 25.3 Å². The van der Waals surface area contributed by atoms with Crippen LogP contribution in [0.3, 0.4) is 0 Å². The van der Waals surface area contributed by atoms with E-state index in [1.165, 1.54) is 16.7 Å². The molecule has 7 heteroatoms. The monoisotopic (exact) mass is 318 g/mol. The van der Waals surface area contributed by atoms with Gasteiger partial charge in [-0.1, -0.05) is 35.9 Å². The van der Waals surface area contributed by atoms with Crippen molar-refractivity contribution in [2.75, 3.05) is 25.7 Å². The van der Waals surface area contributed by atoms with Crippen molar-refractivity contribution in [2.45, 2.75) is 6.92 Å². The molecular weight excluding hydrogens is 300 g/mol. The Morgan fingerprint density at radius 2 is 1.86 bits per heavy atom. The van der Waals surface area contributed by atoms with Crippen LogP contribution in [0.25, 0.3) is 0 Å². The van der Waals surface area contributed by atoms with Gasteiger partial charge in [0.15, 0.2) is 5.17 Å². The van der Waals surface area contributed by atoms with Crippen LogP contribution < -0.4 is 5.32 Å². The lowest BCUT2D eigenvalue weighted by Gasteiger charge is -2.17. The van der Waals surface area contributed by atoms with Crippen molar-refractivity contribution in [3.05, 3.63) is 30.3 Å². The molecule has 6 nitrogen and oxygen atoms in total. The summed E-state index contributed by atoms with van der Waals surface area (Å²) in [4.78, 5) is 30.4. The number of nitrogens with zero attached hydrogens (tertiary/aromatic N) is 3. The van der Waals surface area contributed by atoms with E-state index in [4.69, 9.17) is 0 Å². The summed E-state index contributed by atoms with van der Waals surface area (Å²) < 4.78 is 0. The molecule has 0 unspecified atom stereocenters. The Labute approximate surface area is 134 Å². The number of aliphatic imine (C=N–C) groups is 1. The van der Waals surface area contributed by atoms with Gasteiger partial charge in [-0.15, -0.1) is 0 Å². The van der Waals surface area contributed by atoms with E-state index in [1.54, 1.807) is 39.4 Å². The second-order valence-corrected chi connectivity index (χ2v) is 5.04. The van der Waals surface area contributed by atoms with Crippen LogP contribution in [0.5, 0.6) is 0 Å². The quantitative estimate of drug-likeness (QED) is 0.375. The first-order valence-electron chi connectivity index (χ1n) is 6.42. The predicted molar refractivity (Wildman–Crippen MR) is 90.8 cm³/mol. The zero-order valence-corrected chi connectivity index (χ0v) is 13.8. The zero-order valence-electron chi connectivity index (χ0n) is 13.0. The summed E-state index contributed by atoms with van der Waals surface area (Å²) in [5.74, 6) is 2.65. The Bertz CT molecular complexity index is 617. The lowest BCUT2D eigenvalue weighted by molar-refractivity contribution is 0.227.